The van der Waals surface area contributed by atoms with Crippen LogP contribution in [-0.4, -0.2) is 12.6 Å². The van der Waals surface area contributed by atoms with Gasteiger partial charge in [0.15, 0.2) is 0 Å². The lowest BCUT2D eigenvalue weighted by molar-refractivity contribution is 0.171. The lowest BCUT2D eigenvalue weighted by Gasteiger charge is -2.36. The van der Waals surface area contributed by atoms with Crippen LogP contribution in [0.25, 0.3) is 0 Å². The largest absolute Gasteiger partial charge is 0.314 e. The molecular weight excluding hydrogens is 146 g/mol. The standard InChI is InChI=1S/C11H21N/c1-4-5-10-6-7-11(10)8-12-9(2)3/h4,9-12H,1,5-8H2,2-3H3. The normalized spacial score (nSPS) is 28.6. The molecule has 1 heteroatoms. The number of hydrogen-bond donors (Lipinski definition) is 1. The van der Waals surface area contributed by atoms with E-state index in [-0.39, 0.29) is 0 Å². The molecular formula is C11H21N. The van der Waals surface area contributed by atoms with Gasteiger partial charge in [-0.05, 0) is 37.6 Å². The highest BCUT2D eigenvalue weighted by molar-refractivity contribution is 4.87. The zero-order valence-electron chi connectivity index (χ0n) is 8.34. The molecule has 1 aliphatic rings. The molecule has 12 heavy (non-hydrogen) atoms. The van der Waals surface area contributed by atoms with Crippen LogP contribution in [0, 0.1) is 11.8 Å². The molecule has 1 fully saturated rings. The molecule has 1 aliphatic carbocycles. The van der Waals surface area contributed by atoms with E-state index in [4.69, 9.17) is 0 Å². The Kier molecular flexibility index (Phi) is 3.80. The zero-order valence-corrected chi connectivity index (χ0v) is 8.34. The van der Waals surface area contributed by atoms with Gasteiger partial charge in [-0.15, -0.1) is 6.58 Å². The van der Waals surface area contributed by atoms with E-state index in [9.17, 15) is 0 Å². The average molecular weight is 167 g/mol. The van der Waals surface area contributed by atoms with Crippen molar-refractivity contribution in [1.82, 2.24) is 5.32 Å². The fourth-order valence-corrected chi connectivity index (χ4v) is 1.82. The van der Waals surface area contributed by atoms with Crippen LogP contribution in [0.5, 0.6) is 0 Å². The van der Waals surface area contributed by atoms with Crippen LogP contribution >= 0.6 is 0 Å². The Bertz CT molecular complexity index is 140. The van der Waals surface area contributed by atoms with Crippen molar-refractivity contribution in [1.29, 1.82) is 0 Å². The van der Waals surface area contributed by atoms with E-state index in [1.54, 1.807) is 0 Å². The summed E-state index contributed by atoms with van der Waals surface area (Å²) < 4.78 is 0. The van der Waals surface area contributed by atoms with Gasteiger partial charge in [0.05, 0.1) is 0 Å². The minimum absolute atomic E-state index is 0.634. The highest BCUT2D eigenvalue weighted by Gasteiger charge is 2.28. The van der Waals surface area contributed by atoms with Crippen LogP contribution in [0.2, 0.25) is 0 Å². The summed E-state index contributed by atoms with van der Waals surface area (Å²) in [6.07, 6.45) is 6.10. The molecule has 0 aromatic heterocycles. The van der Waals surface area contributed by atoms with E-state index in [2.05, 4.69) is 31.8 Å². The second-order valence-corrected chi connectivity index (χ2v) is 4.18. The van der Waals surface area contributed by atoms with E-state index < -0.39 is 0 Å². The Balaban J connectivity index is 2.12. The number of rotatable bonds is 5. The van der Waals surface area contributed by atoms with Crippen LogP contribution in [0.15, 0.2) is 12.7 Å². The molecule has 2 unspecified atom stereocenters. The molecule has 2 atom stereocenters. The van der Waals surface area contributed by atoms with Crippen LogP contribution in [0.1, 0.15) is 33.1 Å². The maximum absolute atomic E-state index is 3.79. The molecule has 0 aromatic rings. The van der Waals surface area contributed by atoms with Gasteiger partial charge < -0.3 is 5.32 Å². The Morgan fingerprint density at radius 3 is 2.50 bits per heavy atom. The maximum atomic E-state index is 3.79. The molecule has 0 aliphatic heterocycles. The Hall–Kier alpha value is -0.300. The van der Waals surface area contributed by atoms with Crippen molar-refractivity contribution in [3.63, 3.8) is 0 Å². The summed E-state index contributed by atoms with van der Waals surface area (Å²) in [6, 6.07) is 0.634. The third-order valence-electron chi connectivity index (χ3n) is 2.83. The summed E-state index contributed by atoms with van der Waals surface area (Å²) in [6.45, 7) is 9.42. The summed E-state index contributed by atoms with van der Waals surface area (Å²) in [5, 5.41) is 3.50. The van der Waals surface area contributed by atoms with Gasteiger partial charge in [-0.2, -0.15) is 0 Å². The van der Waals surface area contributed by atoms with Crippen molar-refractivity contribution >= 4 is 0 Å². The smallest absolute Gasteiger partial charge is 0.00104 e. The second kappa shape index (κ2) is 4.66. The van der Waals surface area contributed by atoms with Crippen LogP contribution in [0.4, 0.5) is 0 Å². The molecule has 0 spiro atoms. The van der Waals surface area contributed by atoms with Crippen molar-refractivity contribution in [2.75, 3.05) is 6.54 Å². The van der Waals surface area contributed by atoms with Crippen molar-refractivity contribution in [3.05, 3.63) is 12.7 Å². The first-order valence-corrected chi connectivity index (χ1v) is 5.08. The van der Waals surface area contributed by atoms with Gasteiger partial charge in [-0.25, -0.2) is 0 Å². The molecule has 0 radical (unpaired) electrons. The minimum atomic E-state index is 0.634. The molecule has 0 heterocycles. The molecule has 0 saturated heterocycles. The van der Waals surface area contributed by atoms with Crippen molar-refractivity contribution < 1.29 is 0 Å². The molecule has 0 amide bonds. The molecule has 1 saturated carbocycles. The zero-order chi connectivity index (χ0) is 8.97. The second-order valence-electron chi connectivity index (χ2n) is 4.18. The lowest BCUT2D eigenvalue weighted by atomic mass is 9.72. The fourth-order valence-electron chi connectivity index (χ4n) is 1.82. The summed E-state index contributed by atoms with van der Waals surface area (Å²) in [5.41, 5.74) is 0. The van der Waals surface area contributed by atoms with E-state index in [1.807, 2.05) is 0 Å². The van der Waals surface area contributed by atoms with Gasteiger partial charge in [0.1, 0.15) is 0 Å². The third-order valence-corrected chi connectivity index (χ3v) is 2.83. The van der Waals surface area contributed by atoms with Gasteiger partial charge in [0, 0.05) is 6.04 Å². The third kappa shape index (κ3) is 2.63. The molecule has 70 valence electrons. The quantitative estimate of drug-likeness (QED) is 0.621. The predicted molar refractivity (Wildman–Crippen MR) is 54.2 cm³/mol. The van der Waals surface area contributed by atoms with Crippen molar-refractivity contribution in [2.45, 2.75) is 39.2 Å². The molecule has 1 nitrogen and oxygen atoms in total. The summed E-state index contributed by atoms with van der Waals surface area (Å²) in [5.74, 6) is 1.85. The highest BCUT2D eigenvalue weighted by atomic mass is 14.9. The van der Waals surface area contributed by atoms with Gasteiger partial charge in [-0.3, -0.25) is 0 Å². The van der Waals surface area contributed by atoms with E-state index in [0.717, 1.165) is 11.8 Å². The van der Waals surface area contributed by atoms with Gasteiger partial charge >= 0.3 is 0 Å². The summed E-state index contributed by atoms with van der Waals surface area (Å²) in [7, 11) is 0. The van der Waals surface area contributed by atoms with E-state index in [1.165, 1.54) is 25.8 Å². The van der Waals surface area contributed by atoms with Gasteiger partial charge in [0.25, 0.3) is 0 Å². The molecule has 1 N–H and O–H groups in total. The summed E-state index contributed by atoms with van der Waals surface area (Å²) >= 11 is 0. The van der Waals surface area contributed by atoms with E-state index >= 15 is 0 Å². The molecule has 1 rings (SSSR count). The highest BCUT2D eigenvalue weighted by Crippen LogP contribution is 2.36. The lowest BCUT2D eigenvalue weighted by Crippen LogP contribution is -2.37. The first-order valence-electron chi connectivity index (χ1n) is 5.08. The first kappa shape index (κ1) is 9.79. The van der Waals surface area contributed by atoms with Crippen LogP contribution in [0.3, 0.4) is 0 Å². The maximum Gasteiger partial charge on any atom is 0.00104 e. The first-order chi connectivity index (χ1) is 5.74. The van der Waals surface area contributed by atoms with Crippen LogP contribution < -0.4 is 5.32 Å². The van der Waals surface area contributed by atoms with Crippen LogP contribution in [-0.2, 0) is 0 Å². The minimum Gasteiger partial charge on any atom is -0.314 e. The molecule has 0 aromatic carbocycles. The number of hydrogen-bond acceptors (Lipinski definition) is 1. The van der Waals surface area contributed by atoms with E-state index in [0.29, 0.717) is 6.04 Å². The van der Waals surface area contributed by atoms with Crippen molar-refractivity contribution in [2.24, 2.45) is 11.8 Å². The topological polar surface area (TPSA) is 12.0 Å². The Labute approximate surface area is 76.2 Å². The Morgan fingerprint density at radius 2 is 2.08 bits per heavy atom. The van der Waals surface area contributed by atoms with Gasteiger partial charge in [-0.1, -0.05) is 19.9 Å². The van der Waals surface area contributed by atoms with Crippen molar-refractivity contribution in [3.8, 4) is 0 Å². The fraction of sp³-hybridized carbons (Fsp3) is 0.818. The summed E-state index contributed by atoms with van der Waals surface area (Å²) in [4.78, 5) is 0. The SMILES string of the molecule is C=CCC1CCC1CNC(C)C. The number of allylic oxidation sites excluding steroid dienone is 1. The Morgan fingerprint density at radius 1 is 1.42 bits per heavy atom. The molecule has 0 bridgehead atoms. The average Bonchev–Trinajstić information content (AvgIpc) is 1.98. The predicted octanol–water partition coefficient (Wildman–Crippen LogP) is 2.59. The monoisotopic (exact) mass is 167 g/mol. The van der Waals surface area contributed by atoms with Gasteiger partial charge in [0.2, 0.25) is 0 Å². The number of nitrogens with one attached hydrogen (secondary N) is 1.